The van der Waals surface area contributed by atoms with Gasteiger partial charge in [0.1, 0.15) is 12.3 Å². The van der Waals surface area contributed by atoms with Gasteiger partial charge < -0.3 is 5.11 Å². The molecule has 1 rings (SSSR count). The van der Waals surface area contributed by atoms with Crippen LogP contribution in [0.5, 0.6) is 0 Å². The van der Waals surface area contributed by atoms with Crippen molar-refractivity contribution in [3.8, 4) is 0 Å². The molecule has 0 aliphatic heterocycles. The van der Waals surface area contributed by atoms with Crippen LogP contribution in [0.4, 0.5) is 8.78 Å². The molecular weight excluding hydrogens is 246 g/mol. The fourth-order valence-electron chi connectivity index (χ4n) is 3.91. The summed E-state index contributed by atoms with van der Waals surface area (Å²) in [5.41, 5.74) is -2.21. The fourth-order valence-corrected chi connectivity index (χ4v) is 3.91. The van der Waals surface area contributed by atoms with Crippen molar-refractivity contribution in [3.63, 3.8) is 0 Å². The Balaban J connectivity index is 3.05. The Morgan fingerprint density at radius 1 is 1.32 bits per heavy atom. The Labute approximate surface area is 116 Å². The van der Waals surface area contributed by atoms with Gasteiger partial charge in [0.15, 0.2) is 0 Å². The first-order valence-electron chi connectivity index (χ1n) is 7.87. The standard InChI is InChI=1S/C16H30F2O/c1-4-14-9-7-6-8-10-16(14,13(3)19)11-15(18,5-2)12-17/h13-14,19H,4-12H2,1-3H3/t13-,14?,15?,16?/m1/s1. The van der Waals surface area contributed by atoms with Crippen molar-refractivity contribution in [2.45, 2.75) is 83.9 Å². The van der Waals surface area contributed by atoms with Crippen LogP contribution in [-0.2, 0) is 0 Å². The predicted octanol–water partition coefficient (Wildman–Crippen LogP) is 4.82. The van der Waals surface area contributed by atoms with Crippen molar-refractivity contribution in [2.75, 3.05) is 6.67 Å². The molecule has 1 aliphatic carbocycles. The van der Waals surface area contributed by atoms with E-state index in [1.807, 2.05) is 0 Å². The summed E-state index contributed by atoms with van der Waals surface area (Å²) in [5.74, 6) is 0.309. The van der Waals surface area contributed by atoms with Gasteiger partial charge in [-0.15, -0.1) is 0 Å². The minimum Gasteiger partial charge on any atom is -0.393 e. The van der Waals surface area contributed by atoms with Gasteiger partial charge in [0.2, 0.25) is 0 Å². The predicted molar refractivity (Wildman–Crippen MR) is 75.7 cm³/mol. The largest absolute Gasteiger partial charge is 0.393 e. The van der Waals surface area contributed by atoms with Gasteiger partial charge in [-0.05, 0) is 38.5 Å². The first kappa shape index (κ1) is 16.9. The molecule has 114 valence electrons. The van der Waals surface area contributed by atoms with Crippen LogP contribution in [0, 0.1) is 11.3 Å². The van der Waals surface area contributed by atoms with Crippen molar-refractivity contribution in [3.05, 3.63) is 0 Å². The van der Waals surface area contributed by atoms with E-state index in [1.165, 1.54) is 0 Å². The number of hydrogen-bond acceptors (Lipinski definition) is 1. The third-order valence-corrected chi connectivity index (χ3v) is 5.35. The topological polar surface area (TPSA) is 20.2 Å². The summed E-state index contributed by atoms with van der Waals surface area (Å²) in [7, 11) is 0. The van der Waals surface area contributed by atoms with E-state index in [4.69, 9.17) is 0 Å². The van der Waals surface area contributed by atoms with Gasteiger partial charge in [0, 0.05) is 5.41 Å². The number of rotatable bonds is 6. The highest BCUT2D eigenvalue weighted by molar-refractivity contribution is 4.97. The van der Waals surface area contributed by atoms with E-state index >= 15 is 0 Å². The van der Waals surface area contributed by atoms with Crippen LogP contribution < -0.4 is 0 Å². The molecule has 0 heterocycles. The molecule has 1 saturated carbocycles. The fraction of sp³-hybridized carbons (Fsp3) is 1.00. The number of aliphatic hydroxyl groups is 1. The summed E-state index contributed by atoms with van der Waals surface area (Å²) < 4.78 is 27.7. The first-order chi connectivity index (χ1) is 8.94. The van der Waals surface area contributed by atoms with E-state index in [2.05, 4.69) is 6.92 Å². The van der Waals surface area contributed by atoms with Crippen LogP contribution in [0.3, 0.4) is 0 Å². The smallest absolute Gasteiger partial charge is 0.139 e. The molecule has 0 saturated heterocycles. The van der Waals surface area contributed by atoms with Crippen molar-refractivity contribution in [1.29, 1.82) is 0 Å². The summed E-state index contributed by atoms with van der Waals surface area (Å²) in [6, 6.07) is 0. The molecule has 0 aromatic carbocycles. The molecule has 1 nitrogen and oxygen atoms in total. The van der Waals surface area contributed by atoms with E-state index in [1.54, 1.807) is 13.8 Å². The number of alkyl halides is 2. The summed E-state index contributed by atoms with van der Waals surface area (Å²) >= 11 is 0. The molecule has 1 aliphatic rings. The van der Waals surface area contributed by atoms with Gasteiger partial charge in [-0.2, -0.15) is 0 Å². The summed E-state index contributed by atoms with van der Waals surface area (Å²) in [6.07, 6.45) is 5.91. The van der Waals surface area contributed by atoms with Gasteiger partial charge in [-0.3, -0.25) is 0 Å². The highest BCUT2D eigenvalue weighted by Crippen LogP contribution is 2.50. The zero-order chi connectivity index (χ0) is 14.5. The van der Waals surface area contributed by atoms with Crippen molar-refractivity contribution in [1.82, 2.24) is 0 Å². The molecule has 1 N–H and O–H groups in total. The molecule has 0 amide bonds. The van der Waals surface area contributed by atoms with E-state index in [0.29, 0.717) is 5.92 Å². The first-order valence-corrected chi connectivity index (χ1v) is 7.87. The normalized spacial score (nSPS) is 33.5. The van der Waals surface area contributed by atoms with Gasteiger partial charge in [0.25, 0.3) is 0 Å². The number of aliphatic hydroxyl groups excluding tert-OH is 1. The molecule has 19 heavy (non-hydrogen) atoms. The molecule has 0 aromatic rings. The summed E-state index contributed by atoms with van der Waals surface area (Å²) in [5, 5.41) is 10.3. The van der Waals surface area contributed by atoms with E-state index in [-0.39, 0.29) is 12.8 Å². The van der Waals surface area contributed by atoms with Crippen LogP contribution in [0.15, 0.2) is 0 Å². The Bertz CT molecular complexity index is 263. The van der Waals surface area contributed by atoms with Gasteiger partial charge >= 0.3 is 0 Å². The third-order valence-electron chi connectivity index (χ3n) is 5.35. The second kappa shape index (κ2) is 7.01. The lowest BCUT2D eigenvalue weighted by Crippen LogP contribution is -2.46. The highest BCUT2D eigenvalue weighted by Gasteiger charge is 2.48. The molecule has 0 aromatic heterocycles. The summed E-state index contributed by atoms with van der Waals surface area (Å²) in [4.78, 5) is 0. The van der Waals surface area contributed by atoms with E-state index in [9.17, 15) is 13.9 Å². The molecule has 0 spiro atoms. The van der Waals surface area contributed by atoms with Gasteiger partial charge in [0.05, 0.1) is 6.10 Å². The zero-order valence-electron chi connectivity index (χ0n) is 12.7. The lowest BCUT2D eigenvalue weighted by molar-refractivity contribution is -0.0690. The lowest BCUT2D eigenvalue weighted by Gasteiger charge is -2.45. The van der Waals surface area contributed by atoms with Gasteiger partial charge in [-0.25, -0.2) is 8.78 Å². The molecule has 3 unspecified atom stereocenters. The van der Waals surface area contributed by atoms with Crippen LogP contribution in [0.25, 0.3) is 0 Å². The average Bonchev–Trinajstić information content (AvgIpc) is 2.61. The van der Waals surface area contributed by atoms with Crippen LogP contribution in [-0.4, -0.2) is 23.6 Å². The SMILES string of the molecule is CCC1CCCCCC1(CC(F)(CC)CF)[C@@H](C)O. The minimum atomic E-state index is -1.77. The minimum absolute atomic E-state index is 0.170. The molecule has 4 atom stereocenters. The van der Waals surface area contributed by atoms with Crippen LogP contribution in [0.1, 0.15) is 72.1 Å². The van der Waals surface area contributed by atoms with Crippen molar-refractivity contribution < 1.29 is 13.9 Å². The molecule has 0 bridgehead atoms. The molecular formula is C16H30F2O. The monoisotopic (exact) mass is 276 g/mol. The third kappa shape index (κ3) is 3.68. The Hall–Kier alpha value is -0.180. The Morgan fingerprint density at radius 3 is 2.47 bits per heavy atom. The Kier molecular flexibility index (Phi) is 6.22. The average molecular weight is 276 g/mol. The van der Waals surface area contributed by atoms with E-state index < -0.39 is 23.9 Å². The molecule has 3 heteroatoms. The molecule has 1 fully saturated rings. The van der Waals surface area contributed by atoms with Crippen LogP contribution in [0.2, 0.25) is 0 Å². The number of hydrogen-bond donors (Lipinski definition) is 1. The second-order valence-corrected chi connectivity index (χ2v) is 6.43. The van der Waals surface area contributed by atoms with Crippen molar-refractivity contribution in [2.24, 2.45) is 11.3 Å². The van der Waals surface area contributed by atoms with E-state index in [0.717, 1.165) is 38.5 Å². The quantitative estimate of drug-likeness (QED) is 0.689. The van der Waals surface area contributed by atoms with Crippen molar-refractivity contribution >= 4 is 0 Å². The lowest BCUT2D eigenvalue weighted by atomic mass is 9.62. The molecule has 0 radical (unpaired) electrons. The highest BCUT2D eigenvalue weighted by atomic mass is 19.2. The van der Waals surface area contributed by atoms with Crippen LogP contribution >= 0.6 is 0 Å². The number of halogens is 2. The second-order valence-electron chi connectivity index (χ2n) is 6.43. The maximum Gasteiger partial charge on any atom is 0.139 e. The maximum absolute atomic E-state index is 14.6. The summed E-state index contributed by atoms with van der Waals surface area (Å²) in [6.45, 7) is 4.64. The Morgan fingerprint density at radius 2 is 2.00 bits per heavy atom. The maximum atomic E-state index is 14.6. The van der Waals surface area contributed by atoms with Gasteiger partial charge in [-0.1, -0.05) is 39.5 Å². The zero-order valence-corrected chi connectivity index (χ0v) is 12.7.